The van der Waals surface area contributed by atoms with E-state index in [1.807, 2.05) is 6.07 Å². The summed E-state index contributed by atoms with van der Waals surface area (Å²) in [5.74, 6) is 0. The molecular formula is C7H8N2. The maximum absolute atomic E-state index is 3.89. The molecule has 9 heavy (non-hydrogen) atoms. The van der Waals surface area contributed by atoms with Crippen molar-refractivity contribution in [1.29, 1.82) is 0 Å². The summed E-state index contributed by atoms with van der Waals surface area (Å²) < 4.78 is 0. The normalized spacial score (nSPS) is 8.89. The summed E-state index contributed by atoms with van der Waals surface area (Å²) in [6, 6.07) is 1.85. The van der Waals surface area contributed by atoms with Gasteiger partial charge in [0.15, 0.2) is 0 Å². The molecule has 2 nitrogen and oxygen atoms in total. The molecule has 0 aromatic carbocycles. The summed E-state index contributed by atoms with van der Waals surface area (Å²) >= 11 is 0. The van der Waals surface area contributed by atoms with Gasteiger partial charge in [0.25, 0.3) is 0 Å². The Morgan fingerprint density at radius 1 is 1.78 bits per heavy atom. The van der Waals surface area contributed by atoms with Gasteiger partial charge in [-0.15, -0.1) is 0 Å². The molecular weight excluding hydrogens is 112 g/mol. The van der Waals surface area contributed by atoms with Crippen LogP contribution in [0.3, 0.4) is 0 Å². The van der Waals surface area contributed by atoms with E-state index < -0.39 is 0 Å². The molecule has 1 aromatic rings. The fourth-order valence-electron chi connectivity index (χ4n) is 0.544. The SMILES string of the molecule is C=CC(=C)c1cc[nH]n1. The molecule has 1 aromatic heterocycles. The molecule has 0 aliphatic rings. The van der Waals surface area contributed by atoms with Crippen molar-refractivity contribution in [3.05, 3.63) is 37.2 Å². The summed E-state index contributed by atoms with van der Waals surface area (Å²) in [4.78, 5) is 0. The van der Waals surface area contributed by atoms with Crippen LogP contribution in [0, 0.1) is 0 Å². The Morgan fingerprint density at radius 2 is 2.56 bits per heavy atom. The maximum atomic E-state index is 3.89. The summed E-state index contributed by atoms with van der Waals surface area (Å²) in [5, 5.41) is 6.58. The number of aromatic nitrogens is 2. The Morgan fingerprint density at radius 3 is 3.00 bits per heavy atom. The zero-order valence-electron chi connectivity index (χ0n) is 5.09. The second-order valence-corrected chi connectivity index (χ2v) is 1.69. The number of aromatic amines is 1. The highest BCUT2D eigenvalue weighted by atomic mass is 15.1. The third kappa shape index (κ3) is 1.08. The molecule has 0 bridgehead atoms. The Labute approximate surface area is 53.9 Å². The van der Waals surface area contributed by atoms with E-state index in [1.165, 1.54) is 0 Å². The van der Waals surface area contributed by atoms with Crippen LogP contribution >= 0.6 is 0 Å². The minimum absolute atomic E-state index is 0.844. The second-order valence-electron chi connectivity index (χ2n) is 1.69. The van der Waals surface area contributed by atoms with Crippen LogP contribution in [0.2, 0.25) is 0 Å². The fourth-order valence-corrected chi connectivity index (χ4v) is 0.544. The second kappa shape index (κ2) is 2.31. The summed E-state index contributed by atoms with van der Waals surface area (Å²) in [6.07, 6.45) is 3.43. The van der Waals surface area contributed by atoms with Crippen molar-refractivity contribution < 1.29 is 0 Å². The van der Waals surface area contributed by atoms with Gasteiger partial charge in [-0.2, -0.15) is 5.10 Å². The molecule has 1 rings (SSSR count). The van der Waals surface area contributed by atoms with E-state index in [0.717, 1.165) is 11.3 Å². The summed E-state index contributed by atoms with van der Waals surface area (Å²) in [5.41, 5.74) is 1.70. The highest BCUT2D eigenvalue weighted by Crippen LogP contribution is 2.06. The first-order valence-corrected chi connectivity index (χ1v) is 2.66. The van der Waals surface area contributed by atoms with Crippen molar-refractivity contribution in [2.24, 2.45) is 0 Å². The molecule has 0 fully saturated rings. The zero-order valence-corrected chi connectivity index (χ0v) is 5.09. The predicted octanol–water partition coefficient (Wildman–Crippen LogP) is 1.61. The molecule has 0 aliphatic carbocycles. The van der Waals surface area contributed by atoms with Crippen molar-refractivity contribution in [1.82, 2.24) is 10.2 Å². The maximum Gasteiger partial charge on any atom is 0.0914 e. The van der Waals surface area contributed by atoms with Gasteiger partial charge >= 0.3 is 0 Å². The monoisotopic (exact) mass is 120 g/mol. The lowest BCUT2D eigenvalue weighted by Crippen LogP contribution is -1.76. The molecule has 0 radical (unpaired) electrons. The van der Waals surface area contributed by atoms with Gasteiger partial charge in [-0.25, -0.2) is 0 Å². The number of H-pyrrole nitrogens is 1. The minimum Gasteiger partial charge on any atom is -0.285 e. The number of allylic oxidation sites excluding steroid dienone is 2. The van der Waals surface area contributed by atoms with Crippen molar-refractivity contribution in [2.45, 2.75) is 0 Å². The third-order valence-corrected chi connectivity index (χ3v) is 1.08. The molecule has 46 valence electrons. The molecule has 0 spiro atoms. The van der Waals surface area contributed by atoms with E-state index in [1.54, 1.807) is 12.3 Å². The number of rotatable bonds is 2. The number of nitrogens with one attached hydrogen (secondary N) is 1. The molecule has 0 saturated carbocycles. The van der Waals surface area contributed by atoms with Crippen LogP contribution in [-0.4, -0.2) is 10.2 Å². The van der Waals surface area contributed by atoms with E-state index in [-0.39, 0.29) is 0 Å². The van der Waals surface area contributed by atoms with Crippen molar-refractivity contribution in [3.8, 4) is 0 Å². The van der Waals surface area contributed by atoms with Crippen LogP contribution in [0.25, 0.3) is 5.57 Å². The van der Waals surface area contributed by atoms with E-state index >= 15 is 0 Å². The molecule has 0 aliphatic heterocycles. The number of hydrogen-bond acceptors (Lipinski definition) is 1. The lowest BCUT2D eigenvalue weighted by molar-refractivity contribution is 1.08. The molecule has 1 heterocycles. The first kappa shape index (κ1) is 5.82. The largest absolute Gasteiger partial charge is 0.285 e. The van der Waals surface area contributed by atoms with Crippen molar-refractivity contribution in [2.75, 3.05) is 0 Å². The van der Waals surface area contributed by atoms with Crippen molar-refractivity contribution >= 4 is 5.57 Å². The van der Waals surface area contributed by atoms with Gasteiger partial charge in [-0.05, 0) is 11.6 Å². The van der Waals surface area contributed by atoms with Gasteiger partial charge in [0.05, 0.1) is 5.69 Å². The van der Waals surface area contributed by atoms with E-state index in [4.69, 9.17) is 0 Å². The smallest absolute Gasteiger partial charge is 0.0914 e. The molecule has 0 unspecified atom stereocenters. The van der Waals surface area contributed by atoms with Crippen LogP contribution in [0.5, 0.6) is 0 Å². The zero-order chi connectivity index (χ0) is 6.69. The average Bonchev–Trinajstić information content (AvgIpc) is 2.37. The Hall–Kier alpha value is -1.31. The van der Waals surface area contributed by atoms with E-state index in [0.29, 0.717) is 0 Å². The topological polar surface area (TPSA) is 28.7 Å². The first-order valence-electron chi connectivity index (χ1n) is 2.66. The van der Waals surface area contributed by atoms with Crippen LogP contribution < -0.4 is 0 Å². The number of nitrogens with zero attached hydrogens (tertiary/aromatic N) is 1. The van der Waals surface area contributed by atoms with Crippen LogP contribution in [0.15, 0.2) is 31.5 Å². The first-order chi connectivity index (χ1) is 4.34. The number of hydrogen-bond donors (Lipinski definition) is 1. The molecule has 0 atom stereocenters. The Kier molecular flexibility index (Phi) is 1.49. The average molecular weight is 120 g/mol. The van der Waals surface area contributed by atoms with Crippen LogP contribution in [0.1, 0.15) is 5.69 Å². The summed E-state index contributed by atoms with van der Waals surface area (Å²) in [7, 11) is 0. The third-order valence-electron chi connectivity index (χ3n) is 1.08. The highest BCUT2D eigenvalue weighted by Gasteiger charge is 1.92. The van der Waals surface area contributed by atoms with Gasteiger partial charge in [0.2, 0.25) is 0 Å². The van der Waals surface area contributed by atoms with Crippen LogP contribution in [-0.2, 0) is 0 Å². The van der Waals surface area contributed by atoms with E-state index in [9.17, 15) is 0 Å². The lowest BCUT2D eigenvalue weighted by Gasteiger charge is -1.87. The van der Waals surface area contributed by atoms with Gasteiger partial charge in [-0.3, -0.25) is 5.10 Å². The van der Waals surface area contributed by atoms with Gasteiger partial charge in [-0.1, -0.05) is 19.2 Å². The molecule has 0 saturated heterocycles. The Bertz CT molecular complexity index is 209. The van der Waals surface area contributed by atoms with Gasteiger partial charge in [0.1, 0.15) is 0 Å². The lowest BCUT2D eigenvalue weighted by atomic mass is 10.2. The predicted molar refractivity (Wildman–Crippen MR) is 37.8 cm³/mol. The van der Waals surface area contributed by atoms with Gasteiger partial charge < -0.3 is 0 Å². The molecule has 2 heteroatoms. The van der Waals surface area contributed by atoms with Crippen molar-refractivity contribution in [3.63, 3.8) is 0 Å². The fraction of sp³-hybridized carbons (Fsp3) is 0. The summed E-state index contributed by atoms with van der Waals surface area (Å²) in [6.45, 7) is 7.28. The van der Waals surface area contributed by atoms with Gasteiger partial charge in [0, 0.05) is 6.20 Å². The molecule has 0 amide bonds. The highest BCUT2D eigenvalue weighted by molar-refractivity contribution is 5.68. The Balaban J connectivity index is 2.89. The van der Waals surface area contributed by atoms with Crippen LogP contribution in [0.4, 0.5) is 0 Å². The minimum atomic E-state index is 0.844. The quantitative estimate of drug-likeness (QED) is 0.590. The standard InChI is InChI=1S/C7H8N2/c1-3-6(2)7-4-5-8-9-7/h3-5H,1-2H2,(H,8,9). The molecule has 1 N–H and O–H groups in total. The van der Waals surface area contributed by atoms with E-state index in [2.05, 4.69) is 23.4 Å².